The molecule has 1 saturated carbocycles. The maximum Gasteiger partial charge on any atom is 0.245 e. The molecule has 100 valence electrons. The average Bonchev–Trinajstić information content (AvgIpc) is 3.10. The number of nitrogens with zero attached hydrogens (tertiary/aromatic N) is 1. The molecular weight excluding hydrogens is 232 g/mol. The number of hydrogen-bond donors (Lipinski definition) is 1. The van der Waals surface area contributed by atoms with Crippen LogP contribution in [0.2, 0.25) is 0 Å². The van der Waals surface area contributed by atoms with Crippen molar-refractivity contribution in [3.8, 4) is 0 Å². The molecule has 5 nitrogen and oxygen atoms in total. The zero-order chi connectivity index (χ0) is 12.7. The van der Waals surface area contributed by atoms with Gasteiger partial charge in [0.2, 0.25) is 11.8 Å². The third-order valence-electron chi connectivity index (χ3n) is 4.04. The quantitative estimate of drug-likeness (QED) is 0.768. The second kappa shape index (κ2) is 4.53. The van der Waals surface area contributed by atoms with Gasteiger partial charge in [-0.05, 0) is 32.1 Å². The summed E-state index contributed by atoms with van der Waals surface area (Å²) in [5, 5.41) is 2.75. The largest absolute Gasteiger partial charge is 0.371 e. The highest BCUT2D eigenvalue weighted by Gasteiger charge is 2.40. The highest BCUT2D eigenvalue weighted by atomic mass is 16.5. The van der Waals surface area contributed by atoms with Crippen LogP contribution in [0.3, 0.4) is 0 Å². The molecule has 0 unspecified atom stereocenters. The van der Waals surface area contributed by atoms with E-state index in [-0.39, 0.29) is 30.1 Å². The van der Waals surface area contributed by atoms with E-state index in [0.717, 1.165) is 0 Å². The molecule has 18 heavy (non-hydrogen) atoms. The van der Waals surface area contributed by atoms with Crippen molar-refractivity contribution in [1.82, 2.24) is 10.2 Å². The summed E-state index contributed by atoms with van der Waals surface area (Å²) in [5.41, 5.74) is 0. The molecule has 0 aromatic heterocycles. The van der Waals surface area contributed by atoms with Crippen LogP contribution in [0, 0.1) is 5.92 Å². The Balaban J connectivity index is 1.63. The Kier molecular flexibility index (Phi) is 3.01. The van der Waals surface area contributed by atoms with Crippen molar-refractivity contribution in [3.05, 3.63) is 0 Å². The molecule has 1 N–H and O–H groups in total. The van der Waals surface area contributed by atoms with Gasteiger partial charge in [0.25, 0.3) is 0 Å². The number of carbonyl (C=O) groups excluding carboxylic acids is 2. The number of nitrogens with one attached hydrogen (secondary N) is 1. The third-order valence-corrected chi connectivity index (χ3v) is 4.04. The first-order chi connectivity index (χ1) is 8.63. The second-order valence-electron chi connectivity index (χ2n) is 5.72. The first-order valence-electron chi connectivity index (χ1n) is 6.87. The zero-order valence-electron chi connectivity index (χ0n) is 10.7. The van der Waals surface area contributed by atoms with Crippen LogP contribution in [0.4, 0.5) is 0 Å². The first kappa shape index (κ1) is 12.0. The number of amides is 2. The van der Waals surface area contributed by atoms with Gasteiger partial charge in [0, 0.05) is 19.5 Å². The van der Waals surface area contributed by atoms with E-state index in [1.807, 2.05) is 11.8 Å². The summed E-state index contributed by atoms with van der Waals surface area (Å²) < 4.78 is 5.89. The SMILES string of the molecule is C[C@@H]1CN(C(=O)[C@H]2CCC(=O)N2)C[C@H](C2CC2)O1. The number of carbonyl (C=O) groups is 2. The van der Waals surface area contributed by atoms with Crippen LogP contribution in [0.15, 0.2) is 0 Å². The monoisotopic (exact) mass is 252 g/mol. The number of ether oxygens (including phenoxy) is 1. The van der Waals surface area contributed by atoms with Crippen LogP contribution >= 0.6 is 0 Å². The maximum atomic E-state index is 12.3. The molecule has 3 fully saturated rings. The van der Waals surface area contributed by atoms with Crippen molar-refractivity contribution in [2.45, 2.75) is 50.9 Å². The minimum absolute atomic E-state index is 0.00611. The fourth-order valence-corrected chi connectivity index (χ4v) is 2.91. The summed E-state index contributed by atoms with van der Waals surface area (Å²) in [6.07, 6.45) is 3.86. The highest BCUT2D eigenvalue weighted by molar-refractivity contribution is 5.90. The van der Waals surface area contributed by atoms with Crippen LogP contribution in [0.5, 0.6) is 0 Å². The molecule has 2 saturated heterocycles. The van der Waals surface area contributed by atoms with Crippen LogP contribution < -0.4 is 5.32 Å². The van der Waals surface area contributed by atoms with Gasteiger partial charge >= 0.3 is 0 Å². The molecule has 3 rings (SSSR count). The molecule has 0 spiro atoms. The van der Waals surface area contributed by atoms with Crippen molar-refractivity contribution in [2.24, 2.45) is 5.92 Å². The molecule has 2 heterocycles. The van der Waals surface area contributed by atoms with Crippen molar-refractivity contribution in [1.29, 1.82) is 0 Å². The number of morpholine rings is 1. The van der Waals surface area contributed by atoms with Gasteiger partial charge < -0.3 is 15.0 Å². The Hall–Kier alpha value is -1.10. The van der Waals surface area contributed by atoms with Crippen molar-refractivity contribution in [3.63, 3.8) is 0 Å². The van der Waals surface area contributed by atoms with Gasteiger partial charge in [-0.2, -0.15) is 0 Å². The van der Waals surface area contributed by atoms with Crippen molar-refractivity contribution < 1.29 is 14.3 Å². The Labute approximate surface area is 107 Å². The molecule has 2 amide bonds. The maximum absolute atomic E-state index is 12.3. The van der Waals surface area contributed by atoms with E-state index in [0.29, 0.717) is 31.8 Å². The molecule has 0 aromatic rings. The topological polar surface area (TPSA) is 58.6 Å². The molecule has 2 aliphatic heterocycles. The van der Waals surface area contributed by atoms with Gasteiger partial charge in [-0.15, -0.1) is 0 Å². The minimum Gasteiger partial charge on any atom is -0.371 e. The van der Waals surface area contributed by atoms with Crippen LogP contribution in [-0.4, -0.2) is 48.1 Å². The van der Waals surface area contributed by atoms with E-state index in [2.05, 4.69) is 5.32 Å². The van der Waals surface area contributed by atoms with Gasteiger partial charge in [-0.3, -0.25) is 9.59 Å². The molecule has 0 aromatic carbocycles. The molecule has 0 radical (unpaired) electrons. The summed E-state index contributed by atoms with van der Waals surface area (Å²) in [4.78, 5) is 25.4. The van der Waals surface area contributed by atoms with Crippen LogP contribution in [-0.2, 0) is 14.3 Å². The Morgan fingerprint density at radius 1 is 1.33 bits per heavy atom. The lowest BCUT2D eigenvalue weighted by Crippen LogP contribution is -2.54. The lowest BCUT2D eigenvalue weighted by Gasteiger charge is -2.38. The zero-order valence-corrected chi connectivity index (χ0v) is 10.7. The van der Waals surface area contributed by atoms with Gasteiger partial charge in [0.15, 0.2) is 0 Å². The fraction of sp³-hybridized carbons (Fsp3) is 0.846. The van der Waals surface area contributed by atoms with Crippen molar-refractivity contribution in [2.75, 3.05) is 13.1 Å². The summed E-state index contributed by atoms with van der Waals surface area (Å²) in [5.74, 6) is 0.705. The van der Waals surface area contributed by atoms with E-state index in [1.54, 1.807) is 0 Å². The molecule has 3 aliphatic rings. The first-order valence-corrected chi connectivity index (χ1v) is 6.87. The molecule has 3 atom stereocenters. The normalized spacial score (nSPS) is 36.6. The highest BCUT2D eigenvalue weighted by Crippen LogP contribution is 2.36. The number of rotatable bonds is 2. The van der Waals surface area contributed by atoms with E-state index >= 15 is 0 Å². The molecular formula is C13H20N2O3. The second-order valence-corrected chi connectivity index (χ2v) is 5.72. The lowest BCUT2D eigenvalue weighted by atomic mass is 10.1. The van der Waals surface area contributed by atoms with E-state index in [9.17, 15) is 9.59 Å². The van der Waals surface area contributed by atoms with Crippen LogP contribution in [0.1, 0.15) is 32.6 Å². The van der Waals surface area contributed by atoms with Gasteiger partial charge in [0.05, 0.1) is 12.2 Å². The number of hydrogen-bond acceptors (Lipinski definition) is 3. The lowest BCUT2D eigenvalue weighted by molar-refractivity contribution is -0.148. The van der Waals surface area contributed by atoms with Crippen molar-refractivity contribution >= 4 is 11.8 Å². The molecule has 0 bridgehead atoms. The van der Waals surface area contributed by atoms with E-state index in [4.69, 9.17) is 4.74 Å². The van der Waals surface area contributed by atoms with E-state index < -0.39 is 0 Å². The Bertz CT molecular complexity index is 367. The third kappa shape index (κ3) is 2.36. The predicted octanol–water partition coefficient (Wildman–Crippen LogP) is 0.291. The van der Waals surface area contributed by atoms with Crippen LogP contribution in [0.25, 0.3) is 0 Å². The molecule has 5 heteroatoms. The predicted molar refractivity (Wildman–Crippen MR) is 64.8 cm³/mol. The summed E-state index contributed by atoms with van der Waals surface area (Å²) >= 11 is 0. The van der Waals surface area contributed by atoms with Gasteiger partial charge in [-0.25, -0.2) is 0 Å². The Morgan fingerprint density at radius 2 is 2.11 bits per heavy atom. The Morgan fingerprint density at radius 3 is 2.72 bits per heavy atom. The van der Waals surface area contributed by atoms with E-state index in [1.165, 1.54) is 12.8 Å². The average molecular weight is 252 g/mol. The standard InChI is InChI=1S/C13H20N2O3/c1-8-6-15(7-11(18-8)9-2-3-9)13(17)10-4-5-12(16)14-10/h8-11H,2-7H2,1H3,(H,14,16)/t8-,10-,11-/m1/s1. The minimum atomic E-state index is -0.303. The summed E-state index contributed by atoms with van der Waals surface area (Å²) in [7, 11) is 0. The fourth-order valence-electron chi connectivity index (χ4n) is 2.91. The summed E-state index contributed by atoms with van der Waals surface area (Å²) in [6.45, 7) is 3.36. The molecule has 1 aliphatic carbocycles. The smallest absolute Gasteiger partial charge is 0.245 e. The van der Waals surface area contributed by atoms with Gasteiger partial charge in [-0.1, -0.05) is 0 Å². The van der Waals surface area contributed by atoms with Gasteiger partial charge in [0.1, 0.15) is 6.04 Å². The summed E-state index contributed by atoms with van der Waals surface area (Å²) in [6, 6.07) is -0.303.